The molecule has 0 aliphatic rings. The number of hydrogen-bond donors (Lipinski definition) is 3. The molecule has 0 radical (unpaired) electrons. The SMILES string of the molecule is Nc1nc[nH]c1-c1nc(C(=O)NCc2ccccc2)co1. The van der Waals surface area contributed by atoms with E-state index in [-0.39, 0.29) is 23.3 Å². The first kappa shape index (κ1) is 12.9. The third-order valence-corrected chi connectivity index (χ3v) is 2.92. The van der Waals surface area contributed by atoms with Crippen molar-refractivity contribution in [1.82, 2.24) is 20.3 Å². The van der Waals surface area contributed by atoms with Crippen LogP contribution in [0.15, 0.2) is 47.3 Å². The van der Waals surface area contributed by atoms with Crippen molar-refractivity contribution in [2.45, 2.75) is 6.54 Å². The molecule has 0 fully saturated rings. The fourth-order valence-corrected chi connectivity index (χ4v) is 1.84. The van der Waals surface area contributed by atoms with Crippen LogP contribution >= 0.6 is 0 Å². The van der Waals surface area contributed by atoms with E-state index in [1.165, 1.54) is 12.6 Å². The highest BCUT2D eigenvalue weighted by Gasteiger charge is 2.16. The minimum Gasteiger partial charge on any atom is -0.442 e. The van der Waals surface area contributed by atoms with Crippen molar-refractivity contribution in [2.24, 2.45) is 0 Å². The summed E-state index contributed by atoms with van der Waals surface area (Å²) >= 11 is 0. The largest absolute Gasteiger partial charge is 0.442 e. The van der Waals surface area contributed by atoms with Gasteiger partial charge in [0, 0.05) is 6.54 Å². The van der Waals surface area contributed by atoms with Crippen LogP contribution < -0.4 is 11.1 Å². The molecule has 3 aromatic rings. The van der Waals surface area contributed by atoms with Gasteiger partial charge in [-0.1, -0.05) is 30.3 Å². The Labute approximate surface area is 120 Å². The molecule has 2 heterocycles. The maximum Gasteiger partial charge on any atom is 0.273 e. The summed E-state index contributed by atoms with van der Waals surface area (Å²) in [5.74, 6) is 0.190. The molecular formula is C14H13N5O2. The molecule has 1 aromatic carbocycles. The molecule has 4 N–H and O–H groups in total. The van der Waals surface area contributed by atoms with Gasteiger partial charge in [-0.15, -0.1) is 0 Å². The lowest BCUT2D eigenvalue weighted by Gasteiger charge is -2.02. The van der Waals surface area contributed by atoms with E-state index in [1.54, 1.807) is 0 Å². The Morgan fingerprint density at radius 3 is 2.86 bits per heavy atom. The number of oxazole rings is 1. The monoisotopic (exact) mass is 283 g/mol. The second-order valence-electron chi connectivity index (χ2n) is 4.37. The van der Waals surface area contributed by atoms with Gasteiger partial charge in [0.1, 0.15) is 12.0 Å². The molecule has 1 amide bonds. The minimum atomic E-state index is -0.313. The third kappa shape index (κ3) is 2.76. The van der Waals surface area contributed by atoms with Crippen LogP contribution in [-0.2, 0) is 6.54 Å². The number of rotatable bonds is 4. The standard InChI is InChI=1S/C14H13N5O2/c15-12-11(17-8-18-12)14-19-10(7-21-14)13(20)16-6-9-4-2-1-3-5-9/h1-5,7-8H,6,15H2,(H,16,20)(H,17,18). The fourth-order valence-electron chi connectivity index (χ4n) is 1.84. The number of benzene rings is 1. The number of amides is 1. The number of nitrogen functional groups attached to an aromatic ring is 1. The first-order valence-corrected chi connectivity index (χ1v) is 6.31. The van der Waals surface area contributed by atoms with Crippen LogP contribution in [0.4, 0.5) is 5.82 Å². The number of carbonyl (C=O) groups is 1. The Kier molecular flexibility index (Phi) is 3.38. The predicted molar refractivity (Wildman–Crippen MR) is 76.1 cm³/mol. The second kappa shape index (κ2) is 5.49. The minimum absolute atomic E-state index is 0.190. The number of aromatic nitrogens is 3. The summed E-state index contributed by atoms with van der Waals surface area (Å²) in [4.78, 5) is 22.7. The zero-order valence-electron chi connectivity index (χ0n) is 11.0. The maximum absolute atomic E-state index is 12.0. The molecule has 0 unspecified atom stereocenters. The summed E-state index contributed by atoms with van der Waals surface area (Å²) in [6.07, 6.45) is 2.72. The van der Waals surface area contributed by atoms with Gasteiger partial charge in [-0.2, -0.15) is 0 Å². The fraction of sp³-hybridized carbons (Fsp3) is 0.0714. The number of nitrogens with two attached hydrogens (primary N) is 1. The molecule has 0 spiro atoms. The van der Waals surface area contributed by atoms with E-state index in [0.29, 0.717) is 12.2 Å². The van der Waals surface area contributed by atoms with E-state index >= 15 is 0 Å². The number of anilines is 1. The molecule has 2 aromatic heterocycles. The molecule has 7 heteroatoms. The summed E-state index contributed by atoms with van der Waals surface area (Å²) in [6, 6.07) is 9.61. The zero-order chi connectivity index (χ0) is 14.7. The predicted octanol–water partition coefficient (Wildman–Crippen LogP) is 1.58. The molecule has 7 nitrogen and oxygen atoms in total. The first-order valence-electron chi connectivity index (χ1n) is 6.31. The van der Waals surface area contributed by atoms with Crippen LogP contribution in [0.2, 0.25) is 0 Å². The highest BCUT2D eigenvalue weighted by atomic mass is 16.3. The average Bonchev–Trinajstić information content (AvgIpc) is 3.14. The molecule has 0 bridgehead atoms. The Morgan fingerprint density at radius 1 is 1.33 bits per heavy atom. The normalized spacial score (nSPS) is 10.5. The summed E-state index contributed by atoms with van der Waals surface area (Å²) in [5, 5.41) is 2.77. The van der Waals surface area contributed by atoms with Crippen molar-refractivity contribution in [3.8, 4) is 11.6 Å². The van der Waals surface area contributed by atoms with Gasteiger partial charge >= 0.3 is 0 Å². The van der Waals surface area contributed by atoms with Gasteiger partial charge in [0.05, 0.1) is 6.33 Å². The highest BCUT2D eigenvalue weighted by molar-refractivity contribution is 5.92. The van der Waals surface area contributed by atoms with Crippen molar-refractivity contribution in [3.05, 3.63) is 54.2 Å². The molecule has 0 saturated heterocycles. The Balaban J connectivity index is 1.69. The lowest BCUT2D eigenvalue weighted by molar-refractivity contribution is 0.0946. The number of nitrogens with one attached hydrogen (secondary N) is 2. The lowest BCUT2D eigenvalue weighted by Crippen LogP contribution is -2.23. The van der Waals surface area contributed by atoms with Gasteiger partial charge in [-0.25, -0.2) is 9.97 Å². The number of aromatic amines is 1. The number of nitrogens with zero attached hydrogens (tertiary/aromatic N) is 2. The van der Waals surface area contributed by atoms with Gasteiger partial charge < -0.3 is 20.5 Å². The Bertz CT molecular complexity index is 748. The van der Waals surface area contributed by atoms with E-state index < -0.39 is 0 Å². The maximum atomic E-state index is 12.0. The second-order valence-corrected chi connectivity index (χ2v) is 4.37. The lowest BCUT2D eigenvalue weighted by atomic mass is 10.2. The molecule has 0 aliphatic heterocycles. The summed E-state index contributed by atoms with van der Waals surface area (Å²) in [5.41, 5.74) is 7.30. The summed E-state index contributed by atoms with van der Waals surface area (Å²) in [7, 11) is 0. The smallest absolute Gasteiger partial charge is 0.273 e. The number of hydrogen-bond acceptors (Lipinski definition) is 5. The van der Waals surface area contributed by atoms with E-state index in [9.17, 15) is 4.79 Å². The van der Waals surface area contributed by atoms with Crippen LogP contribution in [0.5, 0.6) is 0 Å². The van der Waals surface area contributed by atoms with E-state index in [2.05, 4.69) is 20.3 Å². The summed E-state index contributed by atoms with van der Waals surface area (Å²) in [6.45, 7) is 0.425. The number of imidazole rings is 1. The van der Waals surface area contributed by atoms with Gasteiger partial charge in [0.2, 0.25) is 5.89 Å². The zero-order valence-corrected chi connectivity index (χ0v) is 11.0. The van der Waals surface area contributed by atoms with Crippen LogP contribution in [-0.4, -0.2) is 20.9 Å². The van der Waals surface area contributed by atoms with Crippen LogP contribution in [0, 0.1) is 0 Å². The van der Waals surface area contributed by atoms with Crippen molar-refractivity contribution in [3.63, 3.8) is 0 Å². The van der Waals surface area contributed by atoms with Gasteiger partial charge in [-0.3, -0.25) is 4.79 Å². The quantitative estimate of drug-likeness (QED) is 0.673. The van der Waals surface area contributed by atoms with Crippen LogP contribution in [0.1, 0.15) is 16.1 Å². The van der Waals surface area contributed by atoms with E-state index in [4.69, 9.17) is 10.2 Å². The number of H-pyrrole nitrogens is 1. The van der Waals surface area contributed by atoms with E-state index in [0.717, 1.165) is 5.56 Å². The molecule has 0 saturated carbocycles. The highest BCUT2D eigenvalue weighted by Crippen LogP contribution is 2.20. The van der Waals surface area contributed by atoms with Gasteiger partial charge in [0.15, 0.2) is 11.5 Å². The van der Waals surface area contributed by atoms with Gasteiger partial charge in [-0.05, 0) is 5.56 Å². The molecule has 0 atom stereocenters. The van der Waals surface area contributed by atoms with Gasteiger partial charge in [0.25, 0.3) is 5.91 Å². The number of carbonyl (C=O) groups excluding carboxylic acids is 1. The van der Waals surface area contributed by atoms with Crippen molar-refractivity contribution in [2.75, 3.05) is 5.73 Å². The van der Waals surface area contributed by atoms with Crippen molar-refractivity contribution < 1.29 is 9.21 Å². The first-order chi connectivity index (χ1) is 10.2. The average molecular weight is 283 g/mol. The van der Waals surface area contributed by atoms with Crippen molar-refractivity contribution in [1.29, 1.82) is 0 Å². The van der Waals surface area contributed by atoms with Crippen molar-refractivity contribution >= 4 is 11.7 Å². The Hall–Kier alpha value is -3.09. The molecule has 3 rings (SSSR count). The molecular weight excluding hydrogens is 270 g/mol. The third-order valence-electron chi connectivity index (χ3n) is 2.92. The molecule has 21 heavy (non-hydrogen) atoms. The van der Waals surface area contributed by atoms with Crippen LogP contribution in [0.25, 0.3) is 11.6 Å². The topological polar surface area (TPSA) is 110 Å². The summed E-state index contributed by atoms with van der Waals surface area (Å²) < 4.78 is 5.24. The van der Waals surface area contributed by atoms with E-state index in [1.807, 2.05) is 30.3 Å². The molecule has 0 aliphatic carbocycles. The van der Waals surface area contributed by atoms with Crippen LogP contribution in [0.3, 0.4) is 0 Å². The molecule has 106 valence electrons. The Morgan fingerprint density at radius 2 is 2.14 bits per heavy atom.